The van der Waals surface area contributed by atoms with Crippen LogP contribution in [0.2, 0.25) is 0 Å². The van der Waals surface area contributed by atoms with Gasteiger partial charge in [0.15, 0.2) is 5.82 Å². The standard InChI is InChI=1S/C20H23N7O6/c21-20-24-16-15(18(31)25-20)27-9-26(8-12(27)7-22-16)11-3-1-10(2-4-11)17(30)23-13(19(32)33)5-6-14(28)29/h1-4,12-13H,5-9H2,(H,23,30)(H,28,29)(H,32,33)(H4,21,22,24,25,31)/t12-,13+/m1/s1/i9T/t9?,12-,13+. The second kappa shape index (κ2) is 8.68. The molecule has 1 saturated heterocycles. The highest BCUT2D eigenvalue weighted by molar-refractivity contribution is 5.97. The lowest BCUT2D eigenvalue weighted by Crippen LogP contribution is -2.44. The highest BCUT2D eigenvalue weighted by Crippen LogP contribution is 2.32. The van der Waals surface area contributed by atoms with Crippen LogP contribution in [0.15, 0.2) is 29.1 Å². The minimum Gasteiger partial charge on any atom is -0.481 e. The topological polar surface area (TPSA) is 194 Å². The maximum Gasteiger partial charge on any atom is 0.326 e. The third kappa shape index (κ3) is 4.51. The van der Waals surface area contributed by atoms with Gasteiger partial charge in [0.05, 0.1) is 14.1 Å². The zero-order valence-corrected chi connectivity index (χ0v) is 17.3. The minimum absolute atomic E-state index is 0.0192. The van der Waals surface area contributed by atoms with Crippen molar-refractivity contribution in [1.82, 2.24) is 15.3 Å². The minimum atomic E-state index is -1.33. The fourth-order valence-electron chi connectivity index (χ4n) is 3.81. The molecule has 3 heterocycles. The monoisotopic (exact) mass is 459 g/mol. The van der Waals surface area contributed by atoms with Crippen molar-refractivity contribution in [1.29, 1.82) is 0 Å². The lowest BCUT2D eigenvalue weighted by molar-refractivity contribution is -0.140. The van der Waals surface area contributed by atoms with Gasteiger partial charge in [0.1, 0.15) is 11.7 Å². The van der Waals surface area contributed by atoms with E-state index in [2.05, 4.69) is 20.6 Å². The molecule has 0 saturated carbocycles. The zero-order chi connectivity index (χ0) is 24.6. The van der Waals surface area contributed by atoms with Crippen molar-refractivity contribution >= 4 is 41.0 Å². The number of amides is 1. The van der Waals surface area contributed by atoms with Gasteiger partial charge in [-0.15, -0.1) is 0 Å². The highest BCUT2D eigenvalue weighted by atomic mass is 16.4. The normalized spacial score (nSPS) is 20.2. The first-order chi connectivity index (χ1) is 16.2. The molecule has 1 unspecified atom stereocenters. The van der Waals surface area contributed by atoms with Gasteiger partial charge in [0, 0.05) is 30.8 Å². The van der Waals surface area contributed by atoms with E-state index in [0.29, 0.717) is 24.6 Å². The third-order valence-electron chi connectivity index (χ3n) is 5.45. The number of rotatable bonds is 7. The summed E-state index contributed by atoms with van der Waals surface area (Å²) in [4.78, 5) is 56.9. The first-order valence-corrected chi connectivity index (χ1v) is 10.1. The van der Waals surface area contributed by atoms with Crippen molar-refractivity contribution in [3.63, 3.8) is 0 Å². The van der Waals surface area contributed by atoms with Crippen LogP contribution in [0.1, 0.15) is 24.6 Å². The van der Waals surface area contributed by atoms with Crippen molar-refractivity contribution in [3.05, 3.63) is 40.2 Å². The summed E-state index contributed by atoms with van der Waals surface area (Å²) < 4.78 is 8.71. The van der Waals surface area contributed by atoms with Crippen LogP contribution >= 0.6 is 0 Å². The number of benzene rings is 1. The Labute approximate surface area is 188 Å². The van der Waals surface area contributed by atoms with E-state index in [-0.39, 0.29) is 29.7 Å². The summed E-state index contributed by atoms with van der Waals surface area (Å²) in [7, 11) is 0. The molecule has 3 atom stereocenters. The van der Waals surface area contributed by atoms with Crippen molar-refractivity contribution in [2.24, 2.45) is 0 Å². The van der Waals surface area contributed by atoms with Gasteiger partial charge in [-0.2, -0.15) is 4.98 Å². The quantitative estimate of drug-likeness (QED) is 0.312. The van der Waals surface area contributed by atoms with E-state index in [9.17, 15) is 24.3 Å². The van der Waals surface area contributed by atoms with E-state index >= 15 is 0 Å². The molecule has 174 valence electrons. The van der Waals surface area contributed by atoms with E-state index in [1.807, 2.05) is 0 Å². The van der Waals surface area contributed by atoms with Crippen molar-refractivity contribution in [2.75, 3.05) is 40.6 Å². The fraction of sp³-hybridized carbons (Fsp3) is 0.350. The van der Waals surface area contributed by atoms with Crippen molar-refractivity contribution in [3.8, 4) is 0 Å². The van der Waals surface area contributed by atoms with Gasteiger partial charge >= 0.3 is 11.9 Å². The lowest BCUT2D eigenvalue weighted by Gasteiger charge is -2.31. The molecule has 13 heteroatoms. The number of H-pyrrole nitrogens is 1. The van der Waals surface area contributed by atoms with Gasteiger partial charge in [-0.05, 0) is 30.7 Å². The molecule has 2 aliphatic rings. The second-order valence-corrected chi connectivity index (χ2v) is 7.70. The number of aliphatic carboxylic acids is 2. The number of anilines is 4. The average Bonchev–Trinajstić information content (AvgIpc) is 3.12. The molecule has 0 spiro atoms. The SMILES string of the molecule is [3H]C1N(c2ccc(C(=O)N[C@@H](CCC(=O)O)C(=O)O)cc2)C[C@H]2CNc3nc(N)[nH]c(=O)c3N12. The number of nitrogen functional groups attached to an aromatic ring is 1. The number of nitrogens with one attached hydrogen (secondary N) is 3. The predicted molar refractivity (Wildman–Crippen MR) is 118 cm³/mol. The molecule has 2 aliphatic heterocycles. The Balaban J connectivity index is 1.49. The smallest absolute Gasteiger partial charge is 0.326 e. The second-order valence-electron chi connectivity index (χ2n) is 7.70. The Morgan fingerprint density at radius 3 is 2.70 bits per heavy atom. The Kier molecular flexibility index (Phi) is 5.42. The van der Waals surface area contributed by atoms with Gasteiger partial charge < -0.3 is 36.4 Å². The van der Waals surface area contributed by atoms with Crippen LogP contribution in [0.3, 0.4) is 0 Å². The third-order valence-corrected chi connectivity index (χ3v) is 5.45. The number of carboxylic acid groups (broad SMARTS) is 2. The number of carbonyl (C=O) groups is 3. The molecule has 33 heavy (non-hydrogen) atoms. The van der Waals surface area contributed by atoms with Crippen molar-refractivity contribution < 1.29 is 26.0 Å². The molecule has 1 fully saturated rings. The van der Waals surface area contributed by atoms with Gasteiger partial charge in [0.25, 0.3) is 11.5 Å². The van der Waals surface area contributed by atoms with Crippen LogP contribution in [0, 0.1) is 0 Å². The molecule has 7 N–H and O–H groups in total. The summed E-state index contributed by atoms with van der Waals surface area (Å²) in [6.45, 7) is -0.0292. The van der Waals surface area contributed by atoms with Gasteiger partial charge in [0.2, 0.25) is 5.95 Å². The van der Waals surface area contributed by atoms with E-state index < -0.39 is 42.5 Å². The van der Waals surface area contributed by atoms with Crippen LogP contribution in [0.4, 0.5) is 23.1 Å². The maximum atomic E-state index is 12.5. The van der Waals surface area contributed by atoms with Gasteiger partial charge in [-0.1, -0.05) is 0 Å². The van der Waals surface area contributed by atoms with Crippen LogP contribution in [-0.4, -0.2) is 69.8 Å². The van der Waals surface area contributed by atoms with E-state index in [1.54, 1.807) is 21.9 Å². The molecule has 4 rings (SSSR count). The number of aromatic amines is 1. The lowest BCUT2D eigenvalue weighted by atomic mass is 10.1. The maximum absolute atomic E-state index is 12.5. The number of nitrogens with two attached hydrogens (primary N) is 1. The zero-order valence-electron chi connectivity index (χ0n) is 18.3. The number of carbonyl (C=O) groups excluding carboxylic acids is 1. The predicted octanol–water partition coefficient (Wildman–Crippen LogP) is -0.522. The van der Waals surface area contributed by atoms with E-state index in [1.165, 1.54) is 12.1 Å². The summed E-state index contributed by atoms with van der Waals surface area (Å²) in [5.74, 6) is -2.83. The Hall–Kier alpha value is -4.29. The summed E-state index contributed by atoms with van der Waals surface area (Å²) >= 11 is 0. The first kappa shape index (κ1) is 20.6. The molecule has 1 aromatic carbocycles. The van der Waals surface area contributed by atoms with Crippen LogP contribution in [-0.2, 0) is 9.59 Å². The highest BCUT2D eigenvalue weighted by Gasteiger charge is 2.37. The molecule has 13 nitrogen and oxygen atoms in total. The molecule has 1 amide bonds. The molecule has 0 aliphatic carbocycles. The summed E-state index contributed by atoms with van der Waals surface area (Å²) in [6.07, 6.45) is -0.633. The Morgan fingerprint density at radius 2 is 2.03 bits per heavy atom. The van der Waals surface area contributed by atoms with E-state index in [4.69, 9.17) is 12.2 Å². The Morgan fingerprint density at radius 1 is 1.30 bits per heavy atom. The van der Waals surface area contributed by atoms with Crippen LogP contribution in [0.25, 0.3) is 0 Å². The molecule has 1 aromatic heterocycles. The Bertz CT molecular complexity index is 1190. The molecule has 2 aromatic rings. The first-order valence-electron chi connectivity index (χ1n) is 10.7. The molecule has 0 radical (unpaired) electrons. The van der Waals surface area contributed by atoms with Crippen LogP contribution < -0.4 is 31.7 Å². The number of hydrogen-bond acceptors (Lipinski definition) is 9. The molecular weight excluding hydrogens is 434 g/mol. The number of carboxylic acids is 2. The summed E-state index contributed by atoms with van der Waals surface area (Å²) in [6, 6.07) is 4.74. The number of nitrogens with zero attached hydrogens (tertiary/aromatic N) is 3. The number of hydrogen-bond donors (Lipinski definition) is 6. The average molecular weight is 459 g/mol. The fourth-order valence-corrected chi connectivity index (χ4v) is 3.81. The largest absolute Gasteiger partial charge is 0.481 e. The summed E-state index contributed by atoms with van der Waals surface area (Å²) in [5, 5.41) is 23.4. The van der Waals surface area contributed by atoms with Gasteiger partial charge in [-0.25, -0.2) is 4.79 Å². The molecule has 0 bridgehead atoms. The van der Waals surface area contributed by atoms with E-state index in [0.717, 1.165) is 0 Å². The van der Waals surface area contributed by atoms with Crippen molar-refractivity contribution in [2.45, 2.75) is 24.9 Å². The summed E-state index contributed by atoms with van der Waals surface area (Å²) in [5.41, 5.74) is 6.23. The number of fused-ring (bicyclic) bond motifs is 3. The molecular formula is C20H23N7O6. The number of aromatic nitrogens is 2. The van der Waals surface area contributed by atoms with Gasteiger partial charge in [-0.3, -0.25) is 19.4 Å². The van der Waals surface area contributed by atoms with Crippen LogP contribution in [0.5, 0.6) is 0 Å².